The number of hydrogen-bond acceptors (Lipinski definition) is 4. The smallest absolute Gasteiger partial charge is 0.410 e. The SMILES string of the molecule is CCC(C)OC(=O)N1CCc2c([nH]c3ccc(Cl)cc23)C1c1ccc(OCC2CCCN(C)C2)cc1. The van der Waals surface area contributed by atoms with E-state index in [9.17, 15) is 4.79 Å². The molecule has 6 nitrogen and oxygen atoms in total. The summed E-state index contributed by atoms with van der Waals surface area (Å²) in [6.45, 7) is 7.52. The Bertz CT molecular complexity index is 1210. The minimum Gasteiger partial charge on any atom is -0.493 e. The van der Waals surface area contributed by atoms with Gasteiger partial charge in [-0.2, -0.15) is 0 Å². The standard InChI is InChI=1S/C29H36ClN3O3/c1-4-19(2)36-29(34)33-15-13-24-25-16-22(30)9-12-26(25)31-27(24)28(33)21-7-10-23(11-8-21)35-18-20-6-5-14-32(3)17-20/h7-12,16,19-20,28,31H,4-6,13-15,17-18H2,1-3H3. The molecule has 2 aliphatic rings. The summed E-state index contributed by atoms with van der Waals surface area (Å²) >= 11 is 6.32. The van der Waals surface area contributed by atoms with Crippen LogP contribution in [0.4, 0.5) is 4.79 Å². The Morgan fingerprint density at radius 3 is 2.75 bits per heavy atom. The highest BCUT2D eigenvalue weighted by Crippen LogP contribution is 2.40. The van der Waals surface area contributed by atoms with Crippen LogP contribution >= 0.6 is 11.6 Å². The van der Waals surface area contributed by atoms with E-state index in [1.54, 1.807) is 0 Å². The van der Waals surface area contributed by atoms with Crippen molar-refractivity contribution in [1.82, 2.24) is 14.8 Å². The number of piperidine rings is 1. The van der Waals surface area contributed by atoms with Crippen molar-refractivity contribution >= 4 is 28.6 Å². The lowest BCUT2D eigenvalue weighted by molar-refractivity contribution is 0.0579. The molecule has 192 valence electrons. The van der Waals surface area contributed by atoms with E-state index in [1.807, 2.05) is 49.1 Å². The largest absolute Gasteiger partial charge is 0.493 e. The first-order valence-electron chi connectivity index (χ1n) is 13.1. The van der Waals surface area contributed by atoms with Crippen molar-refractivity contribution in [1.29, 1.82) is 0 Å². The molecular formula is C29H36ClN3O3. The molecule has 2 aromatic carbocycles. The van der Waals surface area contributed by atoms with Gasteiger partial charge in [-0.1, -0.05) is 30.7 Å². The highest BCUT2D eigenvalue weighted by atomic mass is 35.5. The van der Waals surface area contributed by atoms with Crippen LogP contribution in [0.15, 0.2) is 42.5 Å². The number of carbonyl (C=O) groups excluding carboxylic acids is 1. The van der Waals surface area contributed by atoms with Gasteiger partial charge in [0, 0.05) is 40.6 Å². The Labute approximate surface area is 218 Å². The molecule has 0 bridgehead atoms. The fraction of sp³-hybridized carbons (Fsp3) is 0.483. The summed E-state index contributed by atoms with van der Waals surface area (Å²) in [7, 11) is 2.18. The number of amides is 1. The Morgan fingerprint density at radius 2 is 2.00 bits per heavy atom. The Kier molecular flexibility index (Phi) is 7.44. The van der Waals surface area contributed by atoms with Gasteiger partial charge >= 0.3 is 6.09 Å². The molecule has 1 N–H and O–H groups in total. The van der Waals surface area contributed by atoms with Crippen molar-refractivity contribution in [3.8, 4) is 5.75 Å². The third-order valence-electron chi connectivity index (χ3n) is 7.60. The summed E-state index contributed by atoms with van der Waals surface area (Å²) in [5.41, 5.74) is 4.30. The molecule has 0 aliphatic carbocycles. The Balaban J connectivity index is 1.42. The Morgan fingerprint density at radius 1 is 1.19 bits per heavy atom. The maximum Gasteiger partial charge on any atom is 0.410 e. The topological polar surface area (TPSA) is 57.8 Å². The second kappa shape index (κ2) is 10.7. The maximum atomic E-state index is 13.2. The summed E-state index contributed by atoms with van der Waals surface area (Å²) in [4.78, 5) is 21.1. The molecule has 36 heavy (non-hydrogen) atoms. The van der Waals surface area contributed by atoms with E-state index in [1.165, 1.54) is 24.9 Å². The van der Waals surface area contributed by atoms with Gasteiger partial charge in [-0.05, 0) is 87.7 Å². The second-order valence-electron chi connectivity index (χ2n) is 10.3. The van der Waals surface area contributed by atoms with E-state index in [-0.39, 0.29) is 18.2 Å². The van der Waals surface area contributed by atoms with Gasteiger partial charge < -0.3 is 19.4 Å². The minimum atomic E-state index is -0.279. The van der Waals surface area contributed by atoms with E-state index in [0.29, 0.717) is 17.5 Å². The number of carbonyl (C=O) groups is 1. The molecule has 1 fully saturated rings. The van der Waals surface area contributed by atoms with Crippen LogP contribution in [-0.2, 0) is 11.2 Å². The quantitative estimate of drug-likeness (QED) is 0.416. The predicted molar refractivity (Wildman–Crippen MR) is 144 cm³/mol. The number of likely N-dealkylation sites (tertiary alicyclic amines) is 1. The first-order valence-corrected chi connectivity index (χ1v) is 13.5. The molecule has 7 heteroatoms. The van der Waals surface area contributed by atoms with E-state index in [0.717, 1.165) is 53.9 Å². The fourth-order valence-electron chi connectivity index (χ4n) is 5.50. The van der Waals surface area contributed by atoms with Gasteiger partial charge in [0.05, 0.1) is 6.61 Å². The molecule has 0 spiro atoms. The van der Waals surface area contributed by atoms with Crippen molar-refractivity contribution in [2.75, 3.05) is 33.3 Å². The van der Waals surface area contributed by atoms with Gasteiger partial charge in [-0.3, -0.25) is 4.90 Å². The average Bonchev–Trinajstić information content (AvgIpc) is 3.25. The van der Waals surface area contributed by atoms with Gasteiger partial charge in [0.15, 0.2) is 0 Å². The number of rotatable bonds is 6. The first-order chi connectivity index (χ1) is 17.4. The van der Waals surface area contributed by atoms with Crippen molar-refractivity contribution in [2.45, 2.75) is 51.7 Å². The summed E-state index contributed by atoms with van der Waals surface area (Å²) in [5, 5.41) is 1.83. The van der Waals surface area contributed by atoms with Crippen molar-refractivity contribution in [2.24, 2.45) is 5.92 Å². The van der Waals surface area contributed by atoms with Crippen LogP contribution < -0.4 is 4.74 Å². The van der Waals surface area contributed by atoms with Crippen LogP contribution in [0.5, 0.6) is 5.75 Å². The van der Waals surface area contributed by atoms with E-state index in [4.69, 9.17) is 21.1 Å². The number of nitrogens with zero attached hydrogens (tertiary/aromatic N) is 2. The monoisotopic (exact) mass is 509 g/mol. The number of hydrogen-bond donors (Lipinski definition) is 1. The zero-order valence-electron chi connectivity index (χ0n) is 21.4. The van der Waals surface area contributed by atoms with Crippen LogP contribution in [0.2, 0.25) is 5.02 Å². The highest BCUT2D eigenvalue weighted by Gasteiger charge is 2.36. The number of H-pyrrole nitrogens is 1. The normalized spacial score (nSPS) is 21.3. The number of fused-ring (bicyclic) bond motifs is 3. The molecule has 3 atom stereocenters. The molecule has 5 rings (SSSR count). The summed E-state index contributed by atoms with van der Waals surface area (Å²) in [6.07, 6.45) is 3.56. The third kappa shape index (κ3) is 5.21. The number of aromatic amines is 1. The van der Waals surface area contributed by atoms with Crippen molar-refractivity contribution in [3.63, 3.8) is 0 Å². The molecule has 1 saturated heterocycles. The van der Waals surface area contributed by atoms with Crippen LogP contribution in [0.1, 0.15) is 56.0 Å². The van der Waals surface area contributed by atoms with Gasteiger partial charge in [-0.15, -0.1) is 0 Å². The summed E-state index contributed by atoms with van der Waals surface area (Å²) < 4.78 is 11.9. The number of benzene rings is 2. The third-order valence-corrected chi connectivity index (χ3v) is 7.84. The van der Waals surface area contributed by atoms with Gasteiger partial charge in [-0.25, -0.2) is 4.79 Å². The molecule has 3 heterocycles. The molecule has 0 saturated carbocycles. The van der Waals surface area contributed by atoms with Crippen LogP contribution in [0, 0.1) is 5.92 Å². The van der Waals surface area contributed by atoms with E-state index in [2.05, 4.69) is 29.1 Å². The van der Waals surface area contributed by atoms with Crippen molar-refractivity contribution in [3.05, 3.63) is 64.3 Å². The highest BCUT2D eigenvalue weighted by molar-refractivity contribution is 6.31. The fourth-order valence-corrected chi connectivity index (χ4v) is 5.67. The van der Waals surface area contributed by atoms with E-state index >= 15 is 0 Å². The molecule has 3 unspecified atom stereocenters. The molecule has 1 aromatic heterocycles. The zero-order valence-corrected chi connectivity index (χ0v) is 22.2. The van der Waals surface area contributed by atoms with Crippen LogP contribution in [-0.4, -0.2) is 60.3 Å². The molecule has 2 aliphatic heterocycles. The predicted octanol–water partition coefficient (Wildman–Crippen LogP) is 6.42. The average molecular weight is 510 g/mol. The van der Waals surface area contributed by atoms with Crippen molar-refractivity contribution < 1.29 is 14.3 Å². The van der Waals surface area contributed by atoms with Gasteiger partial charge in [0.2, 0.25) is 0 Å². The number of aromatic nitrogens is 1. The summed E-state index contributed by atoms with van der Waals surface area (Å²) in [6, 6.07) is 13.8. The minimum absolute atomic E-state index is 0.129. The van der Waals surface area contributed by atoms with Gasteiger partial charge in [0.1, 0.15) is 17.9 Å². The Hall–Kier alpha value is -2.70. The maximum absolute atomic E-state index is 13.2. The number of halogens is 1. The van der Waals surface area contributed by atoms with Gasteiger partial charge in [0.25, 0.3) is 0 Å². The zero-order chi connectivity index (χ0) is 25.2. The lowest BCUT2D eigenvalue weighted by Gasteiger charge is -2.36. The van der Waals surface area contributed by atoms with E-state index < -0.39 is 0 Å². The number of ether oxygens (including phenoxy) is 2. The lowest BCUT2D eigenvalue weighted by atomic mass is 9.92. The first kappa shape index (κ1) is 25.0. The molecule has 1 amide bonds. The summed E-state index contributed by atoms with van der Waals surface area (Å²) in [5.74, 6) is 1.42. The van der Waals surface area contributed by atoms with Crippen LogP contribution in [0.3, 0.4) is 0 Å². The molecular weight excluding hydrogens is 474 g/mol. The van der Waals surface area contributed by atoms with Crippen LogP contribution in [0.25, 0.3) is 10.9 Å². The second-order valence-corrected chi connectivity index (χ2v) is 10.7. The molecule has 3 aromatic rings. The number of nitrogens with one attached hydrogen (secondary N) is 1. The lowest BCUT2D eigenvalue weighted by Crippen LogP contribution is -2.41. The molecule has 0 radical (unpaired) electrons.